The zero-order chi connectivity index (χ0) is 20.5. The standard InChI is InChI=1S/C23H24N4O2/c1-15-4-8-17(9-5-15)12-13-27-21-20(22(28)26(3)23(27)29)24-19(25-21)14-18-10-6-16(2)7-11-18/h4-11H,12-14H2,1-3H3,(H,24,25). The monoisotopic (exact) mass is 388 g/mol. The molecule has 0 aliphatic rings. The number of aryl methyl sites for hydroxylation is 4. The first kappa shape index (κ1) is 18.9. The summed E-state index contributed by atoms with van der Waals surface area (Å²) in [4.78, 5) is 33.1. The average molecular weight is 388 g/mol. The number of imidazole rings is 1. The molecular formula is C23H24N4O2. The van der Waals surface area contributed by atoms with Gasteiger partial charge in [-0.1, -0.05) is 59.7 Å². The number of fused-ring (bicyclic) bond motifs is 1. The molecule has 0 saturated carbocycles. The van der Waals surface area contributed by atoms with Crippen LogP contribution in [-0.2, 0) is 26.4 Å². The number of H-pyrrole nitrogens is 1. The highest BCUT2D eigenvalue weighted by atomic mass is 16.2. The summed E-state index contributed by atoms with van der Waals surface area (Å²) < 4.78 is 2.73. The molecule has 1 N–H and O–H groups in total. The zero-order valence-electron chi connectivity index (χ0n) is 16.9. The van der Waals surface area contributed by atoms with E-state index >= 15 is 0 Å². The Bertz CT molecular complexity index is 1280. The fourth-order valence-electron chi connectivity index (χ4n) is 3.46. The van der Waals surface area contributed by atoms with Crippen molar-refractivity contribution >= 4 is 11.2 Å². The van der Waals surface area contributed by atoms with E-state index in [1.54, 1.807) is 4.57 Å². The van der Waals surface area contributed by atoms with Gasteiger partial charge in [-0.2, -0.15) is 0 Å². The molecule has 2 aromatic carbocycles. The van der Waals surface area contributed by atoms with Crippen molar-refractivity contribution in [2.75, 3.05) is 0 Å². The molecule has 0 aliphatic heterocycles. The predicted molar refractivity (Wildman–Crippen MR) is 114 cm³/mol. The Kier molecular flexibility index (Phi) is 4.92. The van der Waals surface area contributed by atoms with E-state index in [9.17, 15) is 9.59 Å². The summed E-state index contributed by atoms with van der Waals surface area (Å²) in [6.07, 6.45) is 1.26. The number of aromatic nitrogens is 4. The molecule has 0 spiro atoms. The number of rotatable bonds is 5. The van der Waals surface area contributed by atoms with E-state index in [1.807, 2.05) is 26.0 Å². The molecule has 0 amide bonds. The molecule has 4 rings (SSSR count). The predicted octanol–water partition coefficient (Wildman–Crippen LogP) is 2.87. The number of aromatic amines is 1. The Morgan fingerprint density at radius 1 is 0.897 bits per heavy atom. The van der Waals surface area contributed by atoms with E-state index in [-0.39, 0.29) is 11.2 Å². The SMILES string of the molecule is Cc1ccc(CCn2c(=O)n(C)c(=O)c3[nH]c(Cc4ccc(C)cc4)nc32)cc1. The van der Waals surface area contributed by atoms with Crippen LogP contribution in [0.1, 0.15) is 28.1 Å². The Labute approximate surface area is 168 Å². The van der Waals surface area contributed by atoms with Crippen LogP contribution in [0.25, 0.3) is 11.2 Å². The first-order valence-electron chi connectivity index (χ1n) is 9.72. The third-order valence-corrected chi connectivity index (χ3v) is 5.26. The van der Waals surface area contributed by atoms with Gasteiger partial charge < -0.3 is 4.98 Å². The maximum atomic E-state index is 12.8. The number of nitrogens with one attached hydrogen (secondary N) is 1. The summed E-state index contributed by atoms with van der Waals surface area (Å²) in [5.41, 5.74) is 4.73. The maximum absolute atomic E-state index is 12.8. The highest BCUT2D eigenvalue weighted by Crippen LogP contribution is 2.12. The van der Waals surface area contributed by atoms with Gasteiger partial charge in [-0.05, 0) is 31.4 Å². The number of benzene rings is 2. The van der Waals surface area contributed by atoms with E-state index in [4.69, 9.17) is 0 Å². The lowest BCUT2D eigenvalue weighted by molar-refractivity contribution is 0.620. The zero-order valence-corrected chi connectivity index (χ0v) is 16.9. The second-order valence-corrected chi connectivity index (χ2v) is 7.58. The Hall–Kier alpha value is -3.41. The molecule has 0 unspecified atom stereocenters. The molecule has 2 heterocycles. The van der Waals surface area contributed by atoms with Gasteiger partial charge in [-0.25, -0.2) is 9.78 Å². The van der Waals surface area contributed by atoms with Gasteiger partial charge in [-0.3, -0.25) is 13.9 Å². The van der Waals surface area contributed by atoms with Gasteiger partial charge in [0.2, 0.25) is 0 Å². The van der Waals surface area contributed by atoms with Crippen molar-refractivity contribution in [2.24, 2.45) is 7.05 Å². The van der Waals surface area contributed by atoms with Gasteiger partial charge in [0, 0.05) is 20.0 Å². The molecule has 2 aromatic heterocycles. The van der Waals surface area contributed by atoms with Crippen LogP contribution in [0.2, 0.25) is 0 Å². The van der Waals surface area contributed by atoms with Gasteiger partial charge in [0.25, 0.3) is 5.56 Å². The van der Waals surface area contributed by atoms with Crippen LogP contribution in [0.3, 0.4) is 0 Å². The smallest absolute Gasteiger partial charge is 0.332 e. The summed E-state index contributed by atoms with van der Waals surface area (Å²) in [7, 11) is 1.51. The van der Waals surface area contributed by atoms with Gasteiger partial charge in [-0.15, -0.1) is 0 Å². The van der Waals surface area contributed by atoms with Crippen molar-refractivity contribution in [1.29, 1.82) is 0 Å². The summed E-state index contributed by atoms with van der Waals surface area (Å²) in [5, 5.41) is 0. The molecule has 148 valence electrons. The first-order chi connectivity index (χ1) is 13.9. The minimum atomic E-state index is -0.348. The Morgan fingerprint density at radius 3 is 2.10 bits per heavy atom. The molecule has 0 aliphatic carbocycles. The average Bonchev–Trinajstić information content (AvgIpc) is 3.13. The molecule has 0 atom stereocenters. The topological polar surface area (TPSA) is 72.7 Å². The van der Waals surface area contributed by atoms with Gasteiger partial charge in [0.1, 0.15) is 11.3 Å². The van der Waals surface area contributed by atoms with Crippen LogP contribution in [0.4, 0.5) is 0 Å². The van der Waals surface area contributed by atoms with Gasteiger partial charge in [0.15, 0.2) is 5.65 Å². The molecule has 0 bridgehead atoms. The van der Waals surface area contributed by atoms with Crippen LogP contribution in [0.15, 0.2) is 58.1 Å². The summed E-state index contributed by atoms with van der Waals surface area (Å²) >= 11 is 0. The molecule has 0 saturated heterocycles. The van der Waals surface area contributed by atoms with Crippen LogP contribution < -0.4 is 11.2 Å². The van der Waals surface area contributed by atoms with E-state index < -0.39 is 0 Å². The minimum absolute atomic E-state index is 0.344. The molecule has 0 radical (unpaired) electrons. The largest absolute Gasteiger partial charge is 0.336 e. The normalized spacial score (nSPS) is 11.3. The summed E-state index contributed by atoms with van der Waals surface area (Å²) in [6, 6.07) is 16.4. The number of hydrogen-bond acceptors (Lipinski definition) is 3. The van der Waals surface area contributed by atoms with Crippen LogP contribution in [0.5, 0.6) is 0 Å². The summed E-state index contributed by atoms with van der Waals surface area (Å²) in [6.45, 7) is 4.55. The van der Waals surface area contributed by atoms with Crippen molar-refractivity contribution in [3.63, 3.8) is 0 Å². The summed E-state index contributed by atoms with van der Waals surface area (Å²) in [5.74, 6) is 0.677. The lowest BCUT2D eigenvalue weighted by Crippen LogP contribution is -2.38. The van der Waals surface area contributed by atoms with Crippen molar-refractivity contribution in [3.05, 3.63) is 97.4 Å². The first-order valence-corrected chi connectivity index (χ1v) is 9.72. The number of nitrogens with zero attached hydrogens (tertiary/aromatic N) is 3. The van der Waals surface area contributed by atoms with E-state index in [2.05, 4.69) is 46.4 Å². The fraction of sp³-hybridized carbons (Fsp3) is 0.261. The quantitative estimate of drug-likeness (QED) is 0.571. The maximum Gasteiger partial charge on any atom is 0.332 e. The second kappa shape index (κ2) is 7.54. The van der Waals surface area contributed by atoms with Crippen LogP contribution >= 0.6 is 0 Å². The molecule has 4 aromatic rings. The molecule has 29 heavy (non-hydrogen) atoms. The Balaban J connectivity index is 1.71. The van der Waals surface area contributed by atoms with Crippen molar-refractivity contribution in [2.45, 2.75) is 33.2 Å². The third-order valence-electron chi connectivity index (χ3n) is 5.26. The highest BCUT2D eigenvalue weighted by molar-refractivity contribution is 5.70. The lowest BCUT2D eigenvalue weighted by Gasteiger charge is -2.09. The number of hydrogen-bond donors (Lipinski definition) is 1. The Morgan fingerprint density at radius 2 is 1.48 bits per heavy atom. The second-order valence-electron chi connectivity index (χ2n) is 7.58. The third kappa shape index (κ3) is 3.78. The van der Waals surface area contributed by atoms with Crippen molar-refractivity contribution < 1.29 is 0 Å². The van der Waals surface area contributed by atoms with Gasteiger partial charge >= 0.3 is 5.69 Å². The molecule has 0 fully saturated rings. The molecular weight excluding hydrogens is 364 g/mol. The van der Waals surface area contributed by atoms with E-state index in [0.717, 1.165) is 15.7 Å². The highest BCUT2D eigenvalue weighted by Gasteiger charge is 2.16. The van der Waals surface area contributed by atoms with E-state index in [0.29, 0.717) is 36.4 Å². The van der Waals surface area contributed by atoms with Crippen LogP contribution in [0, 0.1) is 13.8 Å². The lowest BCUT2D eigenvalue weighted by atomic mass is 10.1. The van der Waals surface area contributed by atoms with Crippen molar-refractivity contribution in [3.8, 4) is 0 Å². The van der Waals surface area contributed by atoms with Crippen molar-refractivity contribution in [1.82, 2.24) is 19.1 Å². The molecule has 6 nitrogen and oxygen atoms in total. The fourth-order valence-corrected chi connectivity index (χ4v) is 3.46. The molecule has 6 heteroatoms. The minimum Gasteiger partial charge on any atom is -0.336 e. The van der Waals surface area contributed by atoms with Crippen LogP contribution in [-0.4, -0.2) is 19.1 Å². The van der Waals surface area contributed by atoms with E-state index in [1.165, 1.54) is 18.2 Å². The van der Waals surface area contributed by atoms with Gasteiger partial charge in [0.05, 0.1) is 0 Å².